The summed E-state index contributed by atoms with van der Waals surface area (Å²) in [5.41, 5.74) is 1.19. The Bertz CT molecular complexity index is 960. The van der Waals surface area contributed by atoms with E-state index in [1.165, 1.54) is 29.7 Å². The molecule has 0 unspecified atom stereocenters. The van der Waals surface area contributed by atoms with E-state index in [1.54, 1.807) is 0 Å². The Hall–Kier alpha value is -2.54. The van der Waals surface area contributed by atoms with E-state index >= 15 is 0 Å². The van der Waals surface area contributed by atoms with Crippen molar-refractivity contribution in [2.45, 2.75) is 43.9 Å². The average molecular weight is 455 g/mol. The standard InChI is InChI=1S/C25H30N2O4S/c28-23(18-7-11-27(12-8-18)24(29)22-4-3-15-32-22)26-17-25(9-1-2-10-25)19-5-6-20-21(16-19)31-14-13-30-20/h3-6,15-16,18H,1-2,7-14,17H2,(H,26,28). The number of fused-ring (bicyclic) bond motifs is 1. The Morgan fingerprint density at radius 1 is 1.06 bits per heavy atom. The van der Waals surface area contributed by atoms with Gasteiger partial charge in [0, 0.05) is 31.0 Å². The Morgan fingerprint density at radius 2 is 1.81 bits per heavy atom. The molecule has 7 heteroatoms. The minimum Gasteiger partial charge on any atom is -0.486 e. The molecule has 3 heterocycles. The number of ether oxygens (including phenoxy) is 2. The predicted molar refractivity (Wildman–Crippen MR) is 124 cm³/mol. The van der Waals surface area contributed by atoms with Gasteiger partial charge in [-0.15, -0.1) is 11.3 Å². The second kappa shape index (κ2) is 9.14. The SMILES string of the molecule is O=C(NCC1(c2ccc3c(c2)OCCO3)CCCC1)C1CCN(C(=O)c2cccs2)CC1. The van der Waals surface area contributed by atoms with Gasteiger partial charge in [-0.3, -0.25) is 9.59 Å². The molecule has 0 atom stereocenters. The van der Waals surface area contributed by atoms with Crippen LogP contribution in [0.2, 0.25) is 0 Å². The van der Waals surface area contributed by atoms with Crippen LogP contribution >= 0.6 is 11.3 Å². The third-order valence-electron chi connectivity index (χ3n) is 7.20. The summed E-state index contributed by atoms with van der Waals surface area (Å²) < 4.78 is 11.5. The second-order valence-corrected chi connectivity index (χ2v) is 10.1. The van der Waals surface area contributed by atoms with E-state index in [0.717, 1.165) is 42.1 Å². The van der Waals surface area contributed by atoms with Gasteiger partial charge in [-0.05, 0) is 54.8 Å². The topological polar surface area (TPSA) is 67.9 Å². The number of nitrogens with zero attached hydrogens (tertiary/aromatic N) is 1. The molecule has 1 saturated carbocycles. The molecule has 32 heavy (non-hydrogen) atoms. The summed E-state index contributed by atoms with van der Waals surface area (Å²) in [7, 11) is 0. The van der Waals surface area contributed by atoms with Crippen molar-refractivity contribution in [3.8, 4) is 11.5 Å². The first-order chi connectivity index (χ1) is 15.6. The number of hydrogen-bond donors (Lipinski definition) is 1. The first-order valence-corrected chi connectivity index (χ1v) is 12.5. The van der Waals surface area contributed by atoms with Gasteiger partial charge in [-0.2, -0.15) is 0 Å². The lowest BCUT2D eigenvalue weighted by molar-refractivity contribution is -0.126. The number of carbonyl (C=O) groups excluding carboxylic acids is 2. The van der Waals surface area contributed by atoms with Crippen LogP contribution in [0.1, 0.15) is 53.8 Å². The largest absolute Gasteiger partial charge is 0.486 e. The second-order valence-electron chi connectivity index (χ2n) is 9.11. The number of carbonyl (C=O) groups is 2. The maximum atomic E-state index is 13.0. The molecule has 2 amide bonds. The first-order valence-electron chi connectivity index (χ1n) is 11.7. The van der Waals surface area contributed by atoms with Crippen LogP contribution in [0, 0.1) is 5.92 Å². The van der Waals surface area contributed by atoms with Gasteiger partial charge in [-0.25, -0.2) is 0 Å². The van der Waals surface area contributed by atoms with Crippen molar-refractivity contribution in [2.75, 3.05) is 32.8 Å². The van der Waals surface area contributed by atoms with E-state index in [2.05, 4.69) is 17.4 Å². The number of benzene rings is 1. The molecular formula is C25H30N2O4S. The maximum Gasteiger partial charge on any atom is 0.263 e. The number of hydrogen-bond acceptors (Lipinski definition) is 5. The van der Waals surface area contributed by atoms with E-state index < -0.39 is 0 Å². The molecule has 2 aromatic rings. The molecule has 1 aromatic carbocycles. The quantitative estimate of drug-likeness (QED) is 0.742. The molecule has 1 N–H and O–H groups in total. The number of rotatable bonds is 5. The fourth-order valence-corrected chi connectivity index (χ4v) is 5.98. The molecule has 0 bridgehead atoms. The number of piperidine rings is 1. The molecule has 1 aromatic heterocycles. The molecule has 2 fully saturated rings. The number of nitrogens with one attached hydrogen (secondary N) is 1. The Morgan fingerprint density at radius 3 is 2.53 bits per heavy atom. The molecule has 1 saturated heterocycles. The highest BCUT2D eigenvalue weighted by Crippen LogP contribution is 2.44. The van der Waals surface area contributed by atoms with Crippen molar-refractivity contribution in [3.05, 3.63) is 46.2 Å². The average Bonchev–Trinajstić information content (AvgIpc) is 3.55. The van der Waals surface area contributed by atoms with Gasteiger partial charge < -0.3 is 19.7 Å². The van der Waals surface area contributed by atoms with Crippen molar-refractivity contribution < 1.29 is 19.1 Å². The lowest BCUT2D eigenvalue weighted by atomic mass is 9.78. The highest BCUT2D eigenvalue weighted by atomic mass is 32.1. The highest BCUT2D eigenvalue weighted by Gasteiger charge is 2.38. The van der Waals surface area contributed by atoms with Crippen LogP contribution in [-0.2, 0) is 10.2 Å². The van der Waals surface area contributed by atoms with Crippen LogP contribution < -0.4 is 14.8 Å². The Kier molecular flexibility index (Phi) is 6.09. The van der Waals surface area contributed by atoms with Gasteiger partial charge in [-0.1, -0.05) is 25.0 Å². The van der Waals surface area contributed by atoms with Gasteiger partial charge in [0.05, 0.1) is 4.88 Å². The van der Waals surface area contributed by atoms with Gasteiger partial charge in [0.2, 0.25) is 5.91 Å². The highest BCUT2D eigenvalue weighted by molar-refractivity contribution is 7.12. The van der Waals surface area contributed by atoms with Gasteiger partial charge in [0.1, 0.15) is 13.2 Å². The van der Waals surface area contributed by atoms with Crippen LogP contribution in [0.5, 0.6) is 11.5 Å². The summed E-state index contributed by atoms with van der Waals surface area (Å²) in [6.07, 6.45) is 5.93. The fraction of sp³-hybridized carbons (Fsp3) is 0.520. The predicted octanol–water partition coefficient (Wildman–Crippen LogP) is 4.00. The van der Waals surface area contributed by atoms with Crippen LogP contribution in [0.25, 0.3) is 0 Å². The molecule has 170 valence electrons. The van der Waals surface area contributed by atoms with E-state index in [-0.39, 0.29) is 23.1 Å². The summed E-state index contributed by atoms with van der Waals surface area (Å²) in [5, 5.41) is 5.20. The molecule has 1 aliphatic carbocycles. The summed E-state index contributed by atoms with van der Waals surface area (Å²) in [5.74, 6) is 1.80. The summed E-state index contributed by atoms with van der Waals surface area (Å²) in [6.45, 7) is 3.10. The fourth-order valence-electron chi connectivity index (χ4n) is 5.29. The number of thiophene rings is 1. The van der Waals surface area contributed by atoms with Crippen molar-refractivity contribution in [1.82, 2.24) is 10.2 Å². The summed E-state index contributed by atoms with van der Waals surface area (Å²) >= 11 is 1.47. The smallest absolute Gasteiger partial charge is 0.263 e. The van der Waals surface area contributed by atoms with E-state index in [9.17, 15) is 9.59 Å². The van der Waals surface area contributed by atoms with Crippen LogP contribution in [0.15, 0.2) is 35.7 Å². The summed E-state index contributed by atoms with van der Waals surface area (Å²) in [6, 6.07) is 10.0. The molecule has 2 aliphatic heterocycles. The molecule has 6 nitrogen and oxygen atoms in total. The Labute approximate surface area is 192 Å². The molecular weight excluding hydrogens is 424 g/mol. The van der Waals surface area contributed by atoms with Crippen LogP contribution in [0.3, 0.4) is 0 Å². The van der Waals surface area contributed by atoms with Crippen molar-refractivity contribution in [3.63, 3.8) is 0 Å². The van der Waals surface area contributed by atoms with Crippen LogP contribution in [0.4, 0.5) is 0 Å². The number of likely N-dealkylation sites (tertiary alicyclic amines) is 1. The zero-order valence-corrected chi connectivity index (χ0v) is 19.1. The van der Waals surface area contributed by atoms with Crippen molar-refractivity contribution >= 4 is 23.2 Å². The lowest BCUT2D eigenvalue weighted by Gasteiger charge is -2.34. The molecule has 3 aliphatic rings. The Balaban J connectivity index is 1.20. The lowest BCUT2D eigenvalue weighted by Crippen LogP contribution is -2.45. The summed E-state index contributed by atoms with van der Waals surface area (Å²) in [4.78, 5) is 28.2. The minimum absolute atomic E-state index is 0.0268. The van der Waals surface area contributed by atoms with Crippen molar-refractivity contribution in [1.29, 1.82) is 0 Å². The monoisotopic (exact) mass is 454 g/mol. The van der Waals surface area contributed by atoms with E-state index in [4.69, 9.17) is 9.47 Å². The first kappa shape index (κ1) is 21.3. The molecule has 5 rings (SSSR count). The van der Waals surface area contributed by atoms with E-state index in [1.807, 2.05) is 28.5 Å². The van der Waals surface area contributed by atoms with Crippen LogP contribution in [-0.4, -0.2) is 49.6 Å². The van der Waals surface area contributed by atoms with Gasteiger partial charge in [0.25, 0.3) is 5.91 Å². The van der Waals surface area contributed by atoms with Gasteiger partial charge >= 0.3 is 0 Å². The molecule has 0 spiro atoms. The normalized spacial score (nSPS) is 20.2. The molecule has 0 radical (unpaired) electrons. The third-order valence-corrected chi connectivity index (χ3v) is 8.06. The maximum absolute atomic E-state index is 13.0. The zero-order valence-electron chi connectivity index (χ0n) is 18.3. The third kappa shape index (κ3) is 4.22. The van der Waals surface area contributed by atoms with E-state index in [0.29, 0.717) is 32.8 Å². The van der Waals surface area contributed by atoms with Gasteiger partial charge in [0.15, 0.2) is 11.5 Å². The zero-order chi connectivity index (χ0) is 22.0. The number of amides is 2. The minimum atomic E-state index is -0.0403. The van der Waals surface area contributed by atoms with Crippen molar-refractivity contribution in [2.24, 2.45) is 5.92 Å².